The zero-order chi connectivity index (χ0) is 24.3. The highest BCUT2D eigenvalue weighted by Gasteiger charge is 2.32. The van der Waals surface area contributed by atoms with Gasteiger partial charge in [0.05, 0.1) is 12.5 Å². The normalized spacial score (nSPS) is 14.6. The average molecular weight is 464 g/mol. The lowest BCUT2D eigenvalue weighted by Crippen LogP contribution is -2.58. The van der Waals surface area contributed by atoms with Gasteiger partial charge in [0.25, 0.3) is 0 Å². The summed E-state index contributed by atoms with van der Waals surface area (Å²) in [5.41, 5.74) is 5.48. The maximum atomic E-state index is 12.7. The number of hydrogen-bond donors (Lipinski definition) is 8. The minimum atomic E-state index is -1.41. The summed E-state index contributed by atoms with van der Waals surface area (Å²) in [6.45, 7) is 3.14. The summed E-state index contributed by atoms with van der Waals surface area (Å²) in [6.07, 6.45) is -1.51. The summed E-state index contributed by atoms with van der Waals surface area (Å²) < 4.78 is 0. The van der Waals surface area contributed by atoms with Crippen LogP contribution in [-0.2, 0) is 28.8 Å². The third kappa shape index (κ3) is 10.6. The van der Waals surface area contributed by atoms with E-state index in [9.17, 15) is 28.8 Å². The molecule has 0 heterocycles. The molecule has 0 bridgehead atoms. The van der Waals surface area contributed by atoms with Crippen molar-refractivity contribution in [3.8, 4) is 0 Å². The topological polar surface area (TPSA) is 225 Å². The second-order valence-electron chi connectivity index (χ2n) is 7.01. The first-order valence-corrected chi connectivity index (χ1v) is 9.87. The van der Waals surface area contributed by atoms with Crippen LogP contribution in [0.3, 0.4) is 0 Å². The van der Waals surface area contributed by atoms with E-state index in [4.69, 9.17) is 21.1 Å². The van der Waals surface area contributed by atoms with Crippen LogP contribution < -0.4 is 21.7 Å². The number of amides is 3. The van der Waals surface area contributed by atoms with Crippen LogP contribution in [0.1, 0.15) is 33.1 Å². The van der Waals surface area contributed by atoms with Crippen LogP contribution in [0.25, 0.3) is 0 Å². The molecule has 13 nitrogen and oxygen atoms in total. The highest BCUT2D eigenvalue weighted by molar-refractivity contribution is 7.80. The predicted octanol–water partition coefficient (Wildman–Crippen LogP) is -2.22. The van der Waals surface area contributed by atoms with E-state index >= 15 is 0 Å². The molecule has 0 aromatic rings. The molecule has 0 aromatic carbocycles. The van der Waals surface area contributed by atoms with Gasteiger partial charge in [-0.15, -0.1) is 0 Å². The number of aliphatic carboxylic acids is 3. The van der Waals surface area contributed by atoms with E-state index in [1.807, 2.05) is 0 Å². The molecule has 0 saturated carbocycles. The molecule has 0 aliphatic rings. The van der Waals surface area contributed by atoms with Crippen molar-refractivity contribution in [2.45, 2.75) is 57.3 Å². The quantitative estimate of drug-likeness (QED) is 0.129. The van der Waals surface area contributed by atoms with Gasteiger partial charge < -0.3 is 37.0 Å². The molecule has 176 valence electrons. The molecular formula is C17H28N4O9S. The fraction of sp³-hybridized carbons (Fsp3) is 0.647. The van der Waals surface area contributed by atoms with Crippen LogP contribution in [0.2, 0.25) is 0 Å². The number of thiol groups is 1. The summed E-state index contributed by atoms with van der Waals surface area (Å²) in [4.78, 5) is 69.8. The number of carboxylic acid groups (broad SMARTS) is 3. The van der Waals surface area contributed by atoms with Gasteiger partial charge in [-0.25, -0.2) is 4.79 Å². The Kier molecular flexibility index (Phi) is 12.2. The minimum Gasteiger partial charge on any atom is -0.481 e. The molecule has 0 radical (unpaired) electrons. The Morgan fingerprint density at radius 3 is 1.81 bits per heavy atom. The number of nitrogens with two attached hydrogens (primary N) is 1. The maximum Gasteiger partial charge on any atom is 0.327 e. The lowest BCUT2D eigenvalue weighted by atomic mass is 10.0. The van der Waals surface area contributed by atoms with E-state index in [-0.39, 0.29) is 12.2 Å². The molecule has 3 amide bonds. The van der Waals surface area contributed by atoms with E-state index in [1.165, 1.54) is 0 Å². The molecular weight excluding hydrogens is 436 g/mol. The van der Waals surface area contributed by atoms with Gasteiger partial charge >= 0.3 is 17.9 Å². The highest BCUT2D eigenvalue weighted by Crippen LogP contribution is 2.06. The van der Waals surface area contributed by atoms with Gasteiger partial charge in [0, 0.05) is 12.2 Å². The van der Waals surface area contributed by atoms with Gasteiger partial charge in [-0.05, 0) is 12.3 Å². The first kappa shape index (κ1) is 28.1. The molecule has 0 aromatic heterocycles. The van der Waals surface area contributed by atoms with Crippen LogP contribution >= 0.6 is 12.6 Å². The van der Waals surface area contributed by atoms with Gasteiger partial charge in [-0.2, -0.15) is 12.6 Å². The van der Waals surface area contributed by atoms with E-state index in [1.54, 1.807) is 13.8 Å². The number of carbonyl (C=O) groups excluding carboxylic acids is 3. The van der Waals surface area contributed by atoms with Crippen molar-refractivity contribution in [2.24, 2.45) is 11.7 Å². The molecule has 0 rings (SSSR count). The van der Waals surface area contributed by atoms with E-state index < -0.39 is 78.6 Å². The second kappa shape index (κ2) is 13.4. The Balaban J connectivity index is 5.41. The van der Waals surface area contributed by atoms with Crippen molar-refractivity contribution in [3.05, 3.63) is 0 Å². The van der Waals surface area contributed by atoms with Gasteiger partial charge in [-0.3, -0.25) is 24.0 Å². The average Bonchev–Trinajstić information content (AvgIpc) is 2.65. The third-order valence-electron chi connectivity index (χ3n) is 4.06. The van der Waals surface area contributed by atoms with Crippen LogP contribution in [0, 0.1) is 5.92 Å². The van der Waals surface area contributed by atoms with Crippen molar-refractivity contribution < 1.29 is 44.1 Å². The number of rotatable bonds is 14. The molecule has 31 heavy (non-hydrogen) atoms. The summed E-state index contributed by atoms with van der Waals surface area (Å²) in [6, 6.07) is -5.40. The van der Waals surface area contributed by atoms with Crippen molar-refractivity contribution in [3.63, 3.8) is 0 Å². The minimum absolute atomic E-state index is 0.243. The fourth-order valence-electron chi connectivity index (χ4n) is 2.33. The first-order chi connectivity index (χ1) is 14.3. The van der Waals surface area contributed by atoms with Gasteiger partial charge in [0.1, 0.15) is 18.1 Å². The highest BCUT2D eigenvalue weighted by atomic mass is 32.1. The summed E-state index contributed by atoms with van der Waals surface area (Å²) in [5.74, 6) is -7.36. The van der Waals surface area contributed by atoms with Crippen LogP contribution in [0.15, 0.2) is 0 Å². The second-order valence-corrected chi connectivity index (χ2v) is 7.38. The van der Waals surface area contributed by atoms with Crippen LogP contribution in [-0.4, -0.2) is 80.9 Å². The van der Waals surface area contributed by atoms with Gasteiger partial charge in [-0.1, -0.05) is 13.8 Å². The molecule has 0 spiro atoms. The number of nitrogens with one attached hydrogen (secondary N) is 3. The standard InChI is InChI=1S/C17H28N4O9S/c1-7(2)13(21-14(26)8(18)5-12(24)25)16(28)19-9(3-4-11(22)23)15(27)20-10(6-31)17(29)30/h7-10,13,31H,3-6,18H2,1-2H3,(H,19,28)(H,20,27)(H,21,26)(H,22,23)(H,24,25)(H,29,30). The smallest absolute Gasteiger partial charge is 0.327 e. The zero-order valence-corrected chi connectivity index (χ0v) is 17.9. The van der Waals surface area contributed by atoms with Crippen molar-refractivity contribution >= 4 is 48.3 Å². The molecule has 4 atom stereocenters. The summed E-state index contributed by atoms with van der Waals surface area (Å²) in [7, 11) is 0. The summed E-state index contributed by atoms with van der Waals surface area (Å²) in [5, 5.41) is 33.4. The molecule has 0 aliphatic carbocycles. The Hall–Kier alpha value is -2.87. The lowest BCUT2D eigenvalue weighted by molar-refractivity contribution is -0.142. The molecule has 0 aliphatic heterocycles. The molecule has 4 unspecified atom stereocenters. The molecule has 8 N–H and O–H groups in total. The van der Waals surface area contributed by atoms with Crippen molar-refractivity contribution in [1.29, 1.82) is 0 Å². The van der Waals surface area contributed by atoms with E-state index in [0.29, 0.717) is 0 Å². The van der Waals surface area contributed by atoms with Crippen LogP contribution in [0.4, 0.5) is 0 Å². The molecule has 0 saturated heterocycles. The number of hydrogen-bond acceptors (Lipinski definition) is 8. The van der Waals surface area contributed by atoms with Gasteiger partial charge in [0.15, 0.2) is 0 Å². The van der Waals surface area contributed by atoms with E-state index in [2.05, 4.69) is 28.6 Å². The number of carboxylic acids is 3. The summed E-state index contributed by atoms with van der Waals surface area (Å²) >= 11 is 3.81. The van der Waals surface area contributed by atoms with E-state index in [0.717, 1.165) is 0 Å². The van der Waals surface area contributed by atoms with Gasteiger partial charge in [0.2, 0.25) is 17.7 Å². The molecule has 0 fully saturated rings. The molecule has 14 heteroatoms. The monoisotopic (exact) mass is 464 g/mol. The fourth-order valence-corrected chi connectivity index (χ4v) is 2.58. The SMILES string of the molecule is CC(C)C(NC(=O)C(N)CC(=O)O)C(=O)NC(CCC(=O)O)C(=O)NC(CS)C(=O)O. The van der Waals surface area contributed by atoms with Crippen LogP contribution in [0.5, 0.6) is 0 Å². The number of carbonyl (C=O) groups is 6. The zero-order valence-electron chi connectivity index (χ0n) is 17.0. The van der Waals surface area contributed by atoms with Crippen molar-refractivity contribution in [1.82, 2.24) is 16.0 Å². The first-order valence-electron chi connectivity index (χ1n) is 9.24. The largest absolute Gasteiger partial charge is 0.481 e. The lowest BCUT2D eigenvalue weighted by Gasteiger charge is -2.26. The predicted molar refractivity (Wildman–Crippen MR) is 109 cm³/mol. The Morgan fingerprint density at radius 2 is 1.39 bits per heavy atom. The third-order valence-corrected chi connectivity index (χ3v) is 4.42. The van der Waals surface area contributed by atoms with Crippen molar-refractivity contribution in [2.75, 3.05) is 5.75 Å². The Morgan fingerprint density at radius 1 is 0.839 bits per heavy atom. The Bertz CT molecular complexity index is 701. The maximum absolute atomic E-state index is 12.7. The Labute approximate surface area is 183 Å².